The van der Waals surface area contributed by atoms with Crippen LogP contribution in [0.4, 0.5) is 0 Å². The number of aromatic nitrogens is 3. The van der Waals surface area contributed by atoms with E-state index in [0.717, 1.165) is 5.56 Å². The fourth-order valence-electron chi connectivity index (χ4n) is 2.05. The van der Waals surface area contributed by atoms with Crippen LogP contribution < -0.4 is 4.74 Å². The maximum Gasteiger partial charge on any atom is 0.223 e. The van der Waals surface area contributed by atoms with E-state index < -0.39 is 10.8 Å². The number of para-hydroxylation sites is 1. The Hall–Kier alpha value is -2.60. The monoisotopic (exact) mass is 325 g/mol. The summed E-state index contributed by atoms with van der Waals surface area (Å²) in [7, 11) is -0.994. The Balaban J connectivity index is 1.99. The lowest BCUT2D eigenvalue weighted by Crippen LogP contribution is -2.01. The Morgan fingerprint density at radius 2 is 1.78 bits per heavy atom. The summed E-state index contributed by atoms with van der Waals surface area (Å²) in [6.07, 6.45) is 5.01. The first kappa shape index (κ1) is 15.3. The first-order valence-electron chi connectivity index (χ1n) is 7.02. The van der Waals surface area contributed by atoms with Gasteiger partial charge in [0.25, 0.3) is 0 Å². The normalized spacial score (nSPS) is 11.9. The zero-order valence-electron chi connectivity index (χ0n) is 12.5. The molecule has 5 nitrogen and oxygen atoms in total. The van der Waals surface area contributed by atoms with E-state index in [1.54, 1.807) is 24.7 Å². The van der Waals surface area contributed by atoms with E-state index >= 15 is 0 Å². The molecule has 0 spiro atoms. The molecule has 6 heteroatoms. The second-order valence-electron chi connectivity index (χ2n) is 4.89. The second-order valence-corrected chi connectivity index (χ2v) is 6.32. The highest BCUT2D eigenvalue weighted by Crippen LogP contribution is 2.23. The van der Waals surface area contributed by atoms with E-state index in [9.17, 15) is 4.21 Å². The molecule has 3 rings (SSSR count). The molecule has 2 aromatic heterocycles. The van der Waals surface area contributed by atoms with Gasteiger partial charge in [-0.2, -0.15) is 4.98 Å². The Bertz CT molecular complexity index is 811. The van der Waals surface area contributed by atoms with Crippen LogP contribution in [0, 0.1) is 0 Å². The van der Waals surface area contributed by atoms with E-state index in [-0.39, 0.29) is 0 Å². The number of ether oxygens (including phenoxy) is 1. The lowest BCUT2D eigenvalue weighted by Gasteiger charge is -2.09. The molecule has 1 aromatic carbocycles. The van der Waals surface area contributed by atoms with Crippen LogP contribution in [0.1, 0.15) is 5.69 Å². The van der Waals surface area contributed by atoms with Gasteiger partial charge in [-0.25, -0.2) is 4.98 Å². The van der Waals surface area contributed by atoms with Gasteiger partial charge in [0, 0.05) is 41.1 Å². The van der Waals surface area contributed by atoms with Gasteiger partial charge in [0.2, 0.25) is 5.88 Å². The third-order valence-electron chi connectivity index (χ3n) is 3.01. The SMILES string of the molecule is C[S@](=O)Cc1cc(Oc2ccccc2)nc(-c2ccncc2)n1. The first-order valence-corrected chi connectivity index (χ1v) is 8.75. The van der Waals surface area contributed by atoms with Crippen LogP contribution in [0.2, 0.25) is 0 Å². The van der Waals surface area contributed by atoms with Crippen molar-refractivity contribution in [3.05, 3.63) is 66.6 Å². The van der Waals surface area contributed by atoms with Gasteiger partial charge >= 0.3 is 0 Å². The minimum atomic E-state index is -0.994. The topological polar surface area (TPSA) is 65.0 Å². The van der Waals surface area contributed by atoms with Gasteiger partial charge in [-0.3, -0.25) is 9.19 Å². The van der Waals surface area contributed by atoms with Crippen LogP contribution in [-0.4, -0.2) is 25.4 Å². The molecule has 0 unspecified atom stereocenters. The maximum atomic E-state index is 11.5. The molecule has 0 aliphatic rings. The molecular formula is C17H15N3O2S. The molecule has 0 aliphatic heterocycles. The zero-order valence-corrected chi connectivity index (χ0v) is 13.4. The van der Waals surface area contributed by atoms with Crippen molar-refractivity contribution in [2.75, 3.05) is 6.26 Å². The van der Waals surface area contributed by atoms with Crippen molar-refractivity contribution in [2.24, 2.45) is 0 Å². The van der Waals surface area contributed by atoms with Crippen LogP contribution in [0.15, 0.2) is 60.9 Å². The number of hydrogen-bond acceptors (Lipinski definition) is 5. The summed E-state index contributed by atoms with van der Waals surface area (Å²) >= 11 is 0. The van der Waals surface area contributed by atoms with Crippen LogP contribution in [0.25, 0.3) is 11.4 Å². The standard InChI is InChI=1S/C17H15N3O2S/c1-23(21)12-14-11-16(22-15-5-3-2-4-6-15)20-17(19-14)13-7-9-18-10-8-13/h2-11H,12H2,1H3/t23-/m0/s1. The molecular weight excluding hydrogens is 310 g/mol. The molecule has 0 bridgehead atoms. The molecule has 0 aliphatic carbocycles. The number of benzene rings is 1. The first-order chi connectivity index (χ1) is 11.2. The third kappa shape index (κ3) is 4.20. The molecule has 0 fully saturated rings. The molecule has 0 radical (unpaired) electrons. The summed E-state index contributed by atoms with van der Waals surface area (Å²) in [4.78, 5) is 12.9. The zero-order chi connectivity index (χ0) is 16.1. The van der Waals surface area contributed by atoms with Gasteiger partial charge in [-0.1, -0.05) is 18.2 Å². The van der Waals surface area contributed by atoms with Crippen LogP contribution >= 0.6 is 0 Å². The predicted octanol–water partition coefficient (Wildman–Crippen LogP) is 3.21. The summed E-state index contributed by atoms with van der Waals surface area (Å²) in [6.45, 7) is 0. The van der Waals surface area contributed by atoms with Crippen molar-refractivity contribution in [3.8, 4) is 23.0 Å². The molecule has 0 saturated heterocycles. The highest BCUT2D eigenvalue weighted by molar-refractivity contribution is 7.83. The Labute approximate surface area is 136 Å². The highest BCUT2D eigenvalue weighted by atomic mass is 32.2. The molecule has 0 saturated carbocycles. The number of hydrogen-bond donors (Lipinski definition) is 0. The minimum Gasteiger partial charge on any atom is -0.439 e. The summed E-state index contributed by atoms with van der Waals surface area (Å²) < 4.78 is 17.3. The smallest absolute Gasteiger partial charge is 0.223 e. The Morgan fingerprint density at radius 1 is 1.04 bits per heavy atom. The quantitative estimate of drug-likeness (QED) is 0.720. The number of pyridine rings is 1. The largest absolute Gasteiger partial charge is 0.439 e. The molecule has 3 aromatic rings. The molecule has 0 amide bonds. The molecule has 2 heterocycles. The fourth-order valence-corrected chi connectivity index (χ4v) is 2.61. The van der Waals surface area contributed by atoms with Crippen molar-refractivity contribution in [1.82, 2.24) is 15.0 Å². The van der Waals surface area contributed by atoms with Crippen molar-refractivity contribution in [3.63, 3.8) is 0 Å². The average molecular weight is 325 g/mol. The maximum absolute atomic E-state index is 11.5. The lowest BCUT2D eigenvalue weighted by atomic mass is 10.2. The van der Waals surface area contributed by atoms with E-state index in [2.05, 4.69) is 15.0 Å². The van der Waals surface area contributed by atoms with E-state index in [0.29, 0.717) is 28.9 Å². The molecule has 1 atom stereocenters. The van der Waals surface area contributed by atoms with Crippen molar-refractivity contribution < 1.29 is 8.95 Å². The third-order valence-corrected chi connectivity index (χ3v) is 3.71. The van der Waals surface area contributed by atoms with Gasteiger partial charge in [-0.15, -0.1) is 0 Å². The summed E-state index contributed by atoms with van der Waals surface area (Å²) in [5.41, 5.74) is 1.51. The number of nitrogens with zero attached hydrogens (tertiary/aromatic N) is 3. The Morgan fingerprint density at radius 3 is 2.48 bits per heavy atom. The van der Waals surface area contributed by atoms with Crippen molar-refractivity contribution in [1.29, 1.82) is 0 Å². The molecule has 23 heavy (non-hydrogen) atoms. The van der Waals surface area contributed by atoms with Crippen LogP contribution in [-0.2, 0) is 16.6 Å². The molecule has 0 N–H and O–H groups in total. The van der Waals surface area contributed by atoms with Gasteiger partial charge < -0.3 is 4.74 Å². The van der Waals surface area contributed by atoms with Crippen molar-refractivity contribution in [2.45, 2.75) is 5.75 Å². The lowest BCUT2D eigenvalue weighted by molar-refractivity contribution is 0.461. The van der Waals surface area contributed by atoms with E-state index in [4.69, 9.17) is 4.74 Å². The molecule has 116 valence electrons. The van der Waals surface area contributed by atoms with Gasteiger partial charge in [0.1, 0.15) is 5.75 Å². The summed E-state index contributed by atoms with van der Waals surface area (Å²) in [5.74, 6) is 2.00. The van der Waals surface area contributed by atoms with Gasteiger partial charge in [0.15, 0.2) is 5.82 Å². The van der Waals surface area contributed by atoms with Gasteiger partial charge in [-0.05, 0) is 24.3 Å². The van der Waals surface area contributed by atoms with E-state index in [1.807, 2.05) is 42.5 Å². The van der Waals surface area contributed by atoms with Crippen LogP contribution in [0.5, 0.6) is 11.6 Å². The summed E-state index contributed by atoms with van der Waals surface area (Å²) in [5, 5.41) is 0. The van der Waals surface area contributed by atoms with Crippen LogP contribution in [0.3, 0.4) is 0 Å². The number of rotatable bonds is 5. The highest BCUT2D eigenvalue weighted by Gasteiger charge is 2.10. The van der Waals surface area contributed by atoms with Crippen molar-refractivity contribution >= 4 is 10.8 Å². The van der Waals surface area contributed by atoms with E-state index in [1.165, 1.54) is 0 Å². The average Bonchev–Trinajstić information content (AvgIpc) is 2.56. The fraction of sp³-hybridized carbons (Fsp3) is 0.118. The summed E-state index contributed by atoms with van der Waals surface area (Å²) in [6, 6.07) is 14.8. The van der Waals surface area contributed by atoms with Gasteiger partial charge in [0.05, 0.1) is 11.4 Å². The minimum absolute atomic E-state index is 0.353. The Kier molecular flexibility index (Phi) is 4.73. The second kappa shape index (κ2) is 7.11. The predicted molar refractivity (Wildman–Crippen MR) is 89.5 cm³/mol.